The van der Waals surface area contributed by atoms with Crippen LogP contribution in [-0.4, -0.2) is 47.6 Å². The Hall–Kier alpha value is -1.64. The van der Waals surface area contributed by atoms with Gasteiger partial charge in [-0.25, -0.2) is 13.1 Å². The van der Waals surface area contributed by atoms with Crippen LogP contribution in [0.15, 0.2) is 23.1 Å². The number of sulfonamides is 1. The highest BCUT2D eigenvalue weighted by molar-refractivity contribution is 7.89. The number of rotatable bonds is 8. The minimum atomic E-state index is -3.59. The van der Waals surface area contributed by atoms with Crippen LogP contribution in [0.2, 0.25) is 0 Å². The zero-order valence-corrected chi connectivity index (χ0v) is 15.0. The Bertz CT molecular complexity index is 670. The SMILES string of the molecule is COc1cc(S(=O)(=O)NCCC[NH+]2CCCC2)ccc1NC(C)=O. The van der Waals surface area contributed by atoms with Crippen molar-refractivity contribution in [1.29, 1.82) is 0 Å². The minimum absolute atomic E-state index is 0.127. The van der Waals surface area contributed by atoms with Crippen LogP contribution in [0.3, 0.4) is 0 Å². The van der Waals surface area contributed by atoms with Gasteiger partial charge in [-0.1, -0.05) is 0 Å². The minimum Gasteiger partial charge on any atom is -0.495 e. The topological polar surface area (TPSA) is 88.9 Å². The number of hydrogen-bond acceptors (Lipinski definition) is 4. The number of carbonyl (C=O) groups is 1. The van der Waals surface area contributed by atoms with Crippen molar-refractivity contribution in [2.24, 2.45) is 0 Å². The maximum absolute atomic E-state index is 12.4. The van der Waals surface area contributed by atoms with Gasteiger partial charge in [0.2, 0.25) is 15.9 Å². The molecule has 134 valence electrons. The highest BCUT2D eigenvalue weighted by atomic mass is 32.2. The van der Waals surface area contributed by atoms with E-state index in [0.29, 0.717) is 18.0 Å². The smallest absolute Gasteiger partial charge is 0.240 e. The van der Waals surface area contributed by atoms with Gasteiger partial charge in [-0.15, -0.1) is 0 Å². The first-order chi connectivity index (χ1) is 11.4. The molecule has 1 aromatic rings. The third-order valence-corrected chi connectivity index (χ3v) is 5.56. The summed E-state index contributed by atoms with van der Waals surface area (Å²) in [7, 11) is -2.15. The summed E-state index contributed by atoms with van der Waals surface area (Å²) in [6.45, 7) is 5.17. The van der Waals surface area contributed by atoms with E-state index < -0.39 is 10.0 Å². The van der Waals surface area contributed by atoms with Gasteiger partial charge in [0.15, 0.2) is 0 Å². The van der Waals surface area contributed by atoms with E-state index in [2.05, 4.69) is 10.0 Å². The number of anilines is 1. The molecule has 1 heterocycles. The van der Waals surface area contributed by atoms with E-state index in [4.69, 9.17) is 4.74 Å². The molecular weight excluding hydrogens is 330 g/mol. The quantitative estimate of drug-likeness (QED) is 0.572. The summed E-state index contributed by atoms with van der Waals surface area (Å²) >= 11 is 0. The Morgan fingerprint density at radius 3 is 2.62 bits per heavy atom. The number of quaternary nitrogens is 1. The summed E-state index contributed by atoms with van der Waals surface area (Å²) in [4.78, 5) is 12.8. The van der Waals surface area contributed by atoms with E-state index in [9.17, 15) is 13.2 Å². The molecule has 0 atom stereocenters. The van der Waals surface area contributed by atoms with Crippen molar-refractivity contribution in [3.63, 3.8) is 0 Å². The molecule has 3 N–H and O–H groups in total. The fourth-order valence-corrected chi connectivity index (χ4v) is 3.97. The summed E-state index contributed by atoms with van der Waals surface area (Å²) in [5, 5.41) is 2.60. The van der Waals surface area contributed by atoms with Crippen LogP contribution in [0.4, 0.5) is 5.69 Å². The normalized spacial score (nSPS) is 15.4. The maximum atomic E-state index is 12.4. The Kier molecular flexibility index (Phi) is 6.59. The van der Waals surface area contributed by atoms with Gasteiger partial charge >= 0.3 is 0 Å². The molecule has 0 aromatic heterocycles. The molecule has 1 saturated heterocycles. The number of carbonyl (C=O) groups excluding carboxylic acids is 1. The largest absolute Gasteiger partial charge is 0.495 e. The summed E-state index contributed by atoms with van der Waals surface area (Å²) in [6, 6.07) is 4.41. The lowest BCUT2D eigenvalue weighted by molar-refractivity contribution is -0.887. The molecule has 0 bridgehead atoms. The second-order valence-corrected chi connectivity index (χ2v) is 7.77. The van der Waals surface area contributed by atoms with Crippen molar-refractivity contribution in [3.8, 4) is 5.75 Å². The van der Waals surface area contributed by atoms with Gasteiger partial charge in [-0.2, -0.15) is 0 Å². The van der Waals surface area contributed by atoms with Crippen LogP contribution in [-0.2, 0) is 14.8 Å². The van der Waals surface area contributed by atoms with E-state index in [0.717, 1.165) is 13.0 Å². The van der Waals surface area contributed by atoms with Crippen molar-refractivity contribution in [1.82, 2.24) is 4.72 Å². The second kappa shape index (κ2) is 8.46. The predicted molar refractivity (Wildman–Crippen MR) is 91.9 cm³/mol. The number of hydrogen-bond donors (Lipinski definition) is 3. The molecule has 0 aliphatic carbocycles. The van der Waals surface area contributed by atoms with Gasteiger partial charge in [-0.3, -0.25) is 4.79 Å². The molecule has 1 aromatic carbocycles. The summed E-state index contributed by atoms with van der Waals surface area (Å²) in [5.74, 6) is 0.0704. The molecule has 0 spiro atoms. The molecule has 1 aliphatic heterocycles. The van der Waals surface area contributed by atoms with Crippen LogP contribution < -0.4 is 19.7 Å². The average Bonchev–Trinajstić information content (AvgIpc) is 3.04. The number of likely N-dealkylation sites (tertiary alicyclic amines) is 1. The number of amides is 1. The van der Waals surface area contributed by atoms with Crippen LogP contribution in [0.1, 0.15) is 26.2 Å². The first-order valence-electron chi connectivity index (χ1n) is 8.21. The van der Waals surface area contributed by atoms with Crippen molar-refractivity contribution in [3.05, 3.63) is 18.2 Å². The zero-order chi connectivity index (χ0) is 17.6. The molecule has 24 heavy (non-hydrogen) atoms. The lowest BCUT2D eigenvalue weighted by Crippen LogP contribution is -3.10. The lowest BCUT2D eigenvalue weighted by Gasteiger charge is -2.13. The lowest BCUT2D eigenvalue weighted by atomic mass is 10.3. The molecular formula is C16H26N3O4S+. The standard InChI is InChI=1S/C16H25N3O4S/c1-13(20)18-15-7-6-14(12-16(15)23-2)24(21,22)17-8-5-11-19-9-3-4-10-19/h6-7,12,17H,3-5,8-11H2,1-2H3,(H,18,20)/p+1. The molecule has 1 aliphatic rings. The molecule has 0 unspecified atom stereocenters. The van der Waals surface area contributed by atoms with E-state index >= 15 is 0 Å². The Labute approximate surface area is 143 Å². The number of nitrogens with one attached hydrogen (secondary N) is 3. The van der Waals surface area contributed by atoms with Crippen molar-refractivity contribution < 1.29 is 22.8 Å². The van der Waals surface area contributed by atoms with E-state index in [1.54, 1.807) is 4.90 Å². The molecule has 0 saturated carbocycles. The van der Waals surface area contributed by atoms with Crippen molar-refractivity contribution >= 4 is 21.6 Å². The monoisotopic (exact) mass is 356 g/mol. The Morgan fingerprint density at radius 2 is 2.00 bits per heavy atom. The highest BCUT2D eigenvalue weighted by Crippen LogP contribution is 2.27. The molecule has 2 rings (SSSR count). The van der Waals surface area contributed by atoms with Crippen molar-refractivity contribution in [2.45, 2.75) is 31.1 Å². The van der Waals surface area contributed by atoms with Gasteiger partial charge in [-0.05, 0) is 12.1 Å². The highest BCUT2D eigenvalue weighted by Gasteiger charge is 2.18. The Morgan fingerprint density at radius 1 is 1.29 bits per heavy atom. The third-order valence-electron chi connectivity index (χ3n) is 4.10. The first-order valence-corrected chi connectivity index (χ1v) is 9.69. The maximum Gasteiger partial charge on any atom is 0.240 e. The number of benzene rings is 1. The van der Waals surface area contributed by atoms with E-state index in [1.165, 1.54) is 58.2 Å². The molecule has 8 heteroatoms. The van der Waals surface area contributed by atoms with Crippen LogP contribution in [0.5, 0.6) is 5.75 Å². The van der Waals surface area contributed by atoms with E-state index in [1.807, 2.05) is 0 Å². The molecule has 0 radical (unpaired) electrons. The zero-order valence-electron chi connectivity index (χ0n) is 14.2. The fourth-order valence-electron chi connectivity index (χ4n) is 2.88. The molecule has 1 amide bonds. The van der Waals surface area contributed by atoms with Gasteiger partial charge < -0.3 is 15.0 Å². The second-order valence-electron chi connectivity index (χ2n) is 6.00. The van der Waals surface area contributed by atoms with Gasteiger partial charge in [0.25, 0.3) is 0 Å². The third kappa shape index (κ3) is 5.19. The average molecular weight is 356 g/mol. The first kappa shape index (κ1) is 18.7. The summed E-state index contributed by atoms with van der Waals surface area (Å²) in [6.07, 6.45) is 3.35. The van der Waals surface area contributed by atoms with Crippen LogP contribution in [0, 0.1) is 0 Å². The van der Waals surface area contributed by atoms with Gasteiger partial charge in [0.05, 0.1) is 37.3 Å². The van der Waals surface area contributed by atoms with Crippen LogP contribution in [0.25, 0.3) is 0 Å². The molecule has 7 nitrogen and oxygen atoms in total. The number of ether oxygens (including phenoxy) is 1. The molecule has 1 fully saturated rings. The van der Waals surface area contributed by atoms with Gasteiger partial charge in [0, 0.05) is 38.8 Å². The van der Waals surface area contributed by atoms with Gasteiger partial charge in [0.1, 0.15) is 5.75 Å². The van der Waals surface area contributed by atoms with E-state index in [-0.39, 0.29) is 10.8 Å². The van der Waals surface area contributed by atoms with Crippen LogP contribution >= 0.6 is 0 Å². The number of methoxy groups -OCH3 is 1. The van der Waals surface area contributed by atoms with Crippen molar-refractivity contribution in [2.75, 3.05) is 38.6 Å². The predicted octanol–water partition coefficient (Wildman–Crippen LogP) is 0.000700. The summed E-state index contributed by atoms with van der Waals surface area (Å²) < 4.78 is 32.5. The fraction of sp³-hybridized carbons (Fsp3) is 0.562. The Balaban J connectivity index is 1.96. The summed E-state index contributed by atoms with van der Waals surface area (Å²) in [5.41, 5.74) is 0.446.